The largest absolute Gasteiger partial charge is 0.374 e. The molecule has 0 radical (unpaired) electrons. The van der Waals surface area contributed by atoms with Crippen molar-refractivity contribution in [2.24, 2.45) is 0 Å². The highest BCUT2D eigenvalue weighted by atomic mass is 35.5. The van der Waals surface area contributed by atoms with E-state index < -0.39 is 0 Å². The van der Waals surface area contributed by atoms with Crippen molar-refractivity contribution in [1.82, 2.24) is 15.0 Å². The van der Waals surface area contributed by atoms with Crippen molar-refractivity contribution in [1.29, 1.82) is 0 Å². The fraction of sp³-hybridized carbons (Fsp3) is 0.400. The van der Waals surface area contributed by atoms with Crippen molar-refractivity contribution < 1.29 is 4.74 Å². The third-order valence-electron chi connectivity index (χ3n) is 2.89. The van der Waals surface area contributed by atoms with Crippen molar-refractivity contribution >= 4 is 11.6 Å². The summed E-state index contributed by atoms with van der Waals surface area (Å²) >= 11 is 6.02. The van der Waals surface area contributed by atoms with E-state index in [1.807, 2.05) is 19.2 Å². The van der Waals surface area contributed by atoms with Gasteiger partial charge in [-0.1, -0.05) is 24.6 Å². The first-order chi connectivity index (χ1) is 9.71. The first kappa shape index (κ1) is 14.9. The number of aromatic nitrogens is 3. The van der Waals surface area contributed by atoms with Crippen molar-refractivity contribution in [3.8, 4) is 0 Å². The van der Waals surface area contributed by atoms with Gasteiger partial charge in [0, 0.05) is 24.9 Å². The van der Waals surface area contributed by atoms with Crippen LogP contribution in [0.3, 0.4) is 0 Å². The quantitative estimate of drug-likeness (QED) is 0.767. The van der Waals surface area contributed by atoms with Crippen LogP contribution in [0.4, 0.5) is 0 Å². The highest BCUT2D eigenvalue weighted by molar-refractivity contribution is 6.29. The number of hydrogen-bond acceptors (Lipinski definition) is 4. The SMILES string of the molecule is CCOCc1nc(Cl)cc(Cc2ccc(CC)cn2)n1. The summed E-state index contributed by atoms with van der Waals surface area (Å²) in [6.45, 7) is 5.06. The van der Waals surface area contributed by atoms with Crippen LogP contribution in [0.5, 0.6) is 0 Å². The van der Waals surface area contributed by atoms with Gasteiger partial charge in [-0.3, -0.25) is 4.98 Å². The van der Waals surface area contributed by atoms with E-state index in [1.54, 1.807) is 6.07 Å². The highest BCUT2D eigenvalue weighted by Crippen LogP contribution is 2.12. The summed E-state index contributed by atoms with van der Waals surface area (Å²) in [4.78, 5) is 13.0. The Balaban J connectivity index is 2.12. The molecule has 5 heteroatoms. The number of hydrogen-bond donors (Lipinski definition) is 0. The van der Waals surface area contributed by atoms with Crippen LogP contribution in [0.2, 0.25) is 5.15 Å². The number of aryl methyl sites for hydroxylation is 1. The molecule has 4 nitrogen and oxygen atoms in total. The molecule has 2 rings (SSSR count). The maximum absolute atomic E-state index is 6.02. The zero-order valence-electron chi connectivity index (χ0n) is 11.8. The van der Waals surface area contributed by atoms with Crippen molar-refractivity contribution in [2.75, 3.05) is 6.61 Å². The van der Waals surface area contributed by atoms with Gasteiger partial charge < -0.3 is 4.74 Å². The Morgan fingerprint density at radius 2 is 2.00 bits per heavy atom. The number of pyridine rings is 1. The van der Waals surface area contributed by atoms with Crippen LogP contribution in [0.15, 0.2) is 24.4 Å². The van der Waals surface area contributed by atoms with E-state index in [0.29, 0.717) is 30.6 Å². The fourth-order valence-corrected chi connectivity index (χ4v) is 2.04. The average Bonchev–Trinajstić information content (AvgIpc) is 2.45. The Labute approximate surface area is 124 Å². The zero-order valence-corrected chi connectivity index (χ0v) is 12.5. The van der Waals surface area contributed by atoms with Gasteiger partial charge in [-0.05, 0) is 31.0 Å². The van der Waals surface area contributed by atoms with Gasteiger partial charge in [0.05, 0.1) is 5.69 Å². The third kappa shape index (κ3) is 4.25. The van der Waals surface area contributed by atoms with Crippen molar-refractivity contribution in [2.45, 2.75) is 33.3 Å². The van der Waals surface area contributed by atoms with E-state index in [1.165, 1.54) is 5.56 Å². The van der Waals surface area contributed by atoms with Gasteiger partial charge in [0.15, 0.2) is 5.82 Å². The Bertz CT molecular complexity index is 558. The minimum absolute atomic E-state index is 0.381. The Morgan fingerprint density at radius 1 is 1.15 bits per heavy atom. The molecule has 0 aromatic carbocycles. The van der Waals surface area contributed by atoms with E-state index in [9.17, 15) is 0 Å². The van der Waals surface area contributed by atoms with Crippen LogP contribution in [-0.4, -0.2) is 21.6 Å². The minimum Gasteiger partial charge on any atom is -0.374 e. The normalized spacial score (nSPS) is 10.8. The Hall–Kier alpha value is -1.52. The summed E-state index contributed by atoms with van der Waals surface area (Å²) in [5, 5.41) is 0.440. The second kappa shape index (κ2) is 7.31. The van der Waals surface area contributed by atoms with Crippen LogP contribution in [0, 0.1) is 0 Å². The van der Waals surface area contributed by atoms with Crippen LogP contribution < -0.4 is 0 Å². The summed E-state index contributed by atoms with van der Waals surface area (Å²) < 4.78 is 5.31. The molecule has 20 heavy (non-hydrogen) atoms. The molecular formula is C15H18ClN3O. The number of rotatable bonds is 6. The predicted molar refractivity (Wildman–Crippen MR) is 78.8 cm³/mol. The summed E-state index contributed by atoms with van der Waals surface area (Å²) in [6, 6.07) is 5.88. The smallest absolute Gasteiger partial charge is 0.155 e. The van der Waals surface area contributed by atoms with Gasteiger partial charge in [0.25, 0.3) is 0 Å². The lowest BCUT2D eigenvalue weighted by atomic mass is 10.1. The molecule has 106 valence electrons. The van der Waals surface area contributed by atoms with Crippen molar-refractivity contribution in [3.05, 3.63) is 52.3 Å². The van der Waals surface area contributed by atoms with Gasteiger partial charge in [-0.15, -0.1) is 0 Å². The second-order valence-corrected chi connectivity index (χ2v) is 4.81. The van der Waals surface area contributed by atoms with Gasteiger partial charge >= 0.3 is 0 Å². The summed E-state index contributed by atoms with van der Waals surface area (Å²) in [5.74, 6) is 0.611. The minimum atomic E-state index is 0.381. The molecule has 2 heterocycles. The molecule has 0 aliphatic heterocycles. The average molecular weight is 292 g/mol. The lowest BCUT2D eigenvalue weighted by Crippen LogP contribution is -2.04. The molecule has 0 saturated carbocycles. The highest BCUT2D eigenvalue weighted by Gasteiger charge is 2.05. The van der Waals surface area contributed by atoms with E-state index in [4.69, 9.17) is 16.3 Å². The summed E-state index contributed by atoms with van der Waals surface area (Å²) in [5.41, 5.74) is 3.06. The predicted octanol–water partition coefficient (Wildman–Crippen LogP) is 3.21. The lowest BCUT2D eigenvalue weighted by Gasteiger charge is -2.06. The topological polar surface area (TPSA) is 47.9 Å². The summed E-state index contributed by atoms with van der Waals surface area (Å²) in [7, 11) is 0. The van der Waals surface area contributed by atoms with E-state index >= 15 is 0 Å². The van der Waals surface area contributed by atoms with Gasteiger partial charge in [0.1, 0.15) is 11.8 Å². The first-order valence-electron chi connectivity index (χ1n) is 6.75. The number of nitrogens with zero attached hydrogens (tertiary/aromatic N) is 3. The standard InChI is InChI=1S/C15H18ClN3O/c1-3-11-5-6-12(17-9-11)7-13-8-14(16)19-15(18-13)10-20-4-2/h5-6,8-9H,3-4,7,10H2,1-2H3. The molecule has 0 spiro atoms. The van der Waals surface area contributed by atoms with Gasteiger partial charge in [-0.25, -0.2) is 9.97 Å². The molecule has 0 aliphatic carbocycles. The van der Waals surface area contributed by atoms with Gasteiger partial charge in [0.2, 0.25) is 0 Å². The monoisotopic (exact) mass is 291 g/mol. The molecule has 0 unspecified atom stereocenters. The molecule has 0 fully saturated rings. The molecule has 0 saturated heterocycles. The van der Waals surface area contributed by atoms with Crippen LogP contribution in [0.25, 0.3) is 0 Å². The Morgan fingerprint density at radius 3 is 2.65 bits per heavy atom. The first-order valence-corrected chi connectivity index (χ1v) is 7.13. The number of halogens is 1. The van der Waals surface area contributed by atoms with E-state index in [2.05, 4.69) is 27.9 Å². The molecule has 2 aromatic heterocycles. The molecule has 0 bridgehead atoms. The molecule has 0 amide bonds. The molecule has 0 aliphatic rings. The van der Waals surface area contributed by atoms with E-state index in [-0.39, 0.29) is 0 Å². The molecule has 0 N–H and O–H groups in total. The number of ether oxygens (including phenoxy) is 1. The van der Waals surface area contributed by atoms with Crippen molar-refractivity contribution in [3.63, 3.8) is 0 Å². The van der Waals surface area contributed by atoms with E-state index in [0.717, 1.165) is 17.8 Å². The van der Waals surface area contributed by atoms with Crippen LogP contribution in [0.1, 0.15) is 36.6 Å². The fourth-order valence-electron chi connectivity index (χ4n) is 1.82. The maximum Gasteiger partial charge on any atom is 0.155 e. The van der Waals surface area contributed by atoms with Gasteiger partial charge in [-0.2, -0.15) is 0 Å². The lowest BCUT2D eigenvalue weighted by molar-refractivity contribution is 0.128. The van der Waals surface area contributed by atoms with Crippen LogP contribution in [-0.2, 0) is 24.2 Å². The maximum atomic E-state index is 6.02. The second-order valence-electron chi connectivity index (χ2n) is 4.42. The summed E-state index contributed by atoms with van der Waals surface area (Å²) in [6.07, 6.45) is 3.54. The molecule has 2 aromatic rings. The zero-order chi connectivity index (χ0) is 14.4. The van der Waals surface area contributed by atoms with Crippen LogP contribution >= 0.6 is 11.6 Å². The third-order valence-corrected chi connectivity index (χ3v) is 3.08. The Kier molecular flexibility index (Phi) is 5.44. The molecular weight excluding hydrogens is 274 g/mol. The molecule has 0 atom stereocenters.